The van der Waals surface area contributed by atoms with Gasteiger partial charge in [-0.15, -0.1) is 0 Å². The minimum atomic E-state index is -4.25. The van der Waals surface area contributed by atoms with Crippen molar-refractivity contribution >= 4 is 32.2 Å². The second kappa shape index (κ2) is 7.24. The van der Waals surface area contributed by atoms with Crippen molar-refractivity contribution in [1.29, 1.82) is 0 Å². The minimum Gasteiger partial charge on any atom is -0.364 e. The lowest BCUT2D eigenvalue weighted by atomic mass is 10.4. The van der Waals surface area contributed by atoms with Gasteiger partial charge in [0.2, 0.25) is 0 Å². The van der Waals surface area contributed by atoms with Crippen LogP contribution in [-0.2, 0) is 20.4 Å². The lowest BCUT2D eigenvalue weighted by Crippen LogP contribution is -2.17. The third-order valence-electron chi connectivity index (χ3n) is 2.83. The van der Waals surface area contributed by atoms with E-state index < -0.39 is 33.9 Å². The van der Waals surface area contributed by atoms with E-state index in [1.165, 1.54) is 12.7 Å². The number of hydrogen-bond acceptors (Lipinski definition) is 7. The highest BCUT2D eigenvalue weighted by atomic mass is 31.2. The van der Waals surface area contributed by atoms with E-state index in [0.29, 0.717) is 11.2 Å². The molecule has 0 aromatic carbocycles. The Morgan fingerprint density at radius 1 is 1.21 bits per heavy atom. The Hall–Kier alpha value is -1.39. The number of aromatic nitrogens is 4. The van der Waals surface area contributed by atoms with Crippen LogP contribution in [0.4, 0.5) is 5.82 Å². The Morgan fingerprint density at radius 2 is 1.92 bits per heavy atom. The van der Waals surface area contributed by atoms with Crippen LogP contribution < -0.4 is 5.32 Å². The molecule has 0 aliphatic heterocycles. The van der Waals surface area contributed by atoms with Crippen molar-refractivity contribution in [1.82, 2.24) is 19.5 Å². The molecule has 5 N–H and O–H groups in total. The predicted octanol–water partition coefficient (Wildman–Crippen LogP) is -0.0863. The molecule has 14 heteroatoms. The van der Waals surface area contributed by atoms with E-state index in [9.17, 15) is 9.13 Å². The zero-order chi connectivity index (χ0) is 18.0. The van der Waals surface area contributed by atoms with Gasteiger partial charge < -0.3 is 34.2 Å². The number of rotatable bonds is 8. The van der Waals surface area contributed by atoms with Gasteiger partial charge in [0.1, 0.15) is 24.5 Å². The van der Waals surface area contributed by atoms with E-state index in [1.54, 1.807) is 11.5 Å². The summed E-state index contributed by atoms with van der Waals surface area (Å²) >= 11 is 0. The average molecular weight is 381 g/mol. The third-order valence-corrected chi connectivity index (χ3v) is 3.89. The van der Waals surface area contributed by atoms with Crippen LogP contribution >= 0.6 is 15.2 Å². The number of nitrogens with zero attached hydrogens (tertiary/aromatic N) is 4. The van der Waals surface area contributed by atoms with Crippen LogP contribution in [0.25, 0.3) is 11.2 Å². The second-order valence-corrected chi connectivity index (χ2v) is 8.30. The summed E-state index contributed by atoms with van der Waals surface area (Å²) < 4.78 is 28.4. The minimum absolute atomic E-state index is 0.172. The molecule has 2 aromatic rings. The summed E-state index contributed by atoms with van der Waals surface area (Å²) in [6, 6.07) is 0. The van der Waals surface area contributed by atoms with E-state index in [2.05, 4.69) is 20.3 Å². The molecule has 0 saturated heterocycles. The summed E-state index contributed by atoms with van der Waals surface area (Å²) in [7, 11) is -8.50. The normalized spacial score (nSPS) is 14.0. The monoisotopic (exact) mass is 381 g/mol. The molecular formula is C10H17N5O7P2. The van der Waals surface area contributed by atoms with Gasteiger partial charge in [-0.3, -0.25) is 9.13 Å². The van der Waals surface area contributed by atoms with Gasteiger partial charge in [-0.1, -0.05) is 0 Å². The Kier molecular flexibility index (Phi) is 5.71. The van der Waals surface area contributed by atoms with Gasteiger partial charge in [-0.2, -0.15) is 0 Å². The molecule has 0 radical (unpaired) electrons. The lowest BCUT2D eigenvalue weighted by Gasteiger charge is -2.14. The molecule has 24 heavy (non-hydrogen) atoms. The van der Waals surface area contributed by atoms with E-state index in [1.807, 2.05) is 0 Å². The van der Waals surface area contributed by atoms with Gasteiger partial charge in [0.25, 0.3) is 0 Å². The van der Waals surface area contributed by atoms with Crippen LogP contribution in [0, 0.1) is 0 Å². The maximum atomic E-state index is 10.9. The van der Waals surface area contributed by atoms with Crippen molar-refractivity contribution in [2.75, 3.05) is 18.0 Å². The van der Waals surface area contributed by atoms with Crippen LogP contribution in [0.15, 0.2) is 12.7 Å². The Bertz CT molecular complexity index is 800. The highest BCUT2D eigenvalue weighted by Crippen LogP contribution is 2.35. The van der Waals surface area contributed by atoms with Crippen LogP contribution in [0.3, 0.4) is 0 Å². The standard InChI is InChI=1S/C10H17N5O7P2/c1-7(22-6-24(19,20)21)2-15-4-13-8-9(11-3-12-10(8)15)14-5-23(16,17)18/h3-4,7H,2,5-6H2,1H3,(H,11,12,14)(H2,16,17,18)(H2,19,20,21)/t7-/m1/s1. The van der Waals surface area contributed by atoms with Crippen molar-refractivity contribution in [3.63, 3.8) is 0 Å². The molecular weight excluding hydrogens is 364 g/mol. The molecule has 0 bridgehead atoms. The van der Waals surface area contributed by atoms with Crippen LogP contribution in [0.2, 0.25) is 0 Å². The van der Waals surface area contributed by atoms with Crippen molar-refractivity contribution in [2.45, 2.75) is 19.6 Å². The fraction of sp³-hybridized carbons (Fsp3) is 0.500. The molecule has 0 aliphatic carbocycles. The fourth-order valence-electron chi connectivity index (χ4n) is 1.88. The quantitative estimate of drug-likeness (QED) is 0.386. The van der Waals surface area contributed by atoms with Crippen molar-refractivity contribution in [3.8, 4) is 0 Å². The lowest BCUT2D eigenvalue weighted by molar-refractivity contribution is 0.0764. The van der Waals surface area contributed by atoms with Gasteiger partial charge in [0.15, 0.2) is 11.5 Å². The topological polar surface area (TPSA) is 180 Å². The van der Waals surface area contributed by atoms with E-state index in [-0.39, 0.29) is 12.4 Å². The zero-order valence-electron chi connectivity index (χ0n) is 12.6. The summed E-state index contributed by atoms with van der Waals surface area (Å²) in [6.45, 7) is 1.86. The Morgan fingerprint density at radius 3 is 2.54 bits per heavy atom. The van der Waals surface area contributed by atoms with E-state index in [0.717, 1.165) is 0 Å². The number of ether oxygens (including phenoxy) is 1. The van der Waals surface area contributed by atoms with Crippen LogP contribution in [0.1, 0.15) is 6.92 Å². The predicted molar refractivity (Wildman–Crippen MR) is 83.3 cm³/mol. The first-order valence-electron chi connectivity index (χ1n) is 6.65. The molecule has 0 fully saturated rings. The van der Waals surface area contributed by atoms with Gasteiger partial charge in [-0.25, -0.2) is 15.0 Å². The third kappa shape index (κ3) is 5.60. The van der Waals surface area contributed by atoms with Gasteiger partial charge in [-0.05, 0) is 6.92 Å². The number of imidazole rings is 1. The molecule has 0 amide bonds. The summed E-state index contributed by atoms with van der Waals surface area (Å²) in [5.41, 5.74) is 0.706. The molecule has 0 unspecified atom stereocenters. The summed E-state index contributed by atoms with van der Waals surface area (Å²) in [4.78, 5) is 47.4. The molecule has 12 nitrogen and oxygen atoms in total. The summed E-state index contributed by atoms with van der Waals surface area (Å²) in [5, 5.41) is 2.51. The molecule has 1 atom stereocenters. The smallest absolute Gasteiger partial charge is 0.350 e. The molecule has 2 rings (SSSR count). The first-order valence-corrected chi connectivity index (χ1v) is 10.2. The zero-order valence-corrected chi connectivity index (χ0v) is 14.3. The highest BCUT2D eigenvalue weighted by Gasteiger charge is 2.18. The Labute approximate surface area is 136 Å². The maximum absolute atomic E-state index is 10.9. The largest absolute Gasteiger partial charge is 0.364 e. The van der Waals surface area contributed by atoms with Crippen molar-refractivity contribution in [2.24, 2.45) is 0 Å². The van der Waals surface area contributed by atoms with Gasteiger partial charge in [0.05, 0.1) is 19.0 Å². The molecule has 2 aromatic heterocycles. The summed E-state index contributed by atoms with van der Waals surface area (Å²) in [6.07, 6.45) is 0.846. The molecule has 2 heterocycles. The van der Waals surface area contributed by atoms with Crippen LogP contribution in [0.5, 0.6) is 0 Å². The maximum Gasteiger partial charge on any atom is 0.350 e. The van der Waals surface area contributed by atoms with Crippen molar-refractivity contribution < 1.29 is 33.4 Å². The number of fused-ring (bicyclic) bond motifs is 1. The Balaban J connectivity index is 2.13. The van der Waals surface area contributed by atoms with Gasteiger partial charge in [0, 0.05) is 0 Å². The first-order chi connectivity index (χ1) is 11.1. The van der Waals surface area contributed by atoms with Crippen LogP contribution in [-0.4, -0.2) is 57.8 Å². The van der Waals surface area contributed by atoms with Crippen molar-refractivity contribution in [3.05, 3.63) is 12.7 Å². The highest BCUT2D eigenvalue weighted by molar-refractivity contribution is 7.52. The van der Waals surface area contributed by atoms with E-state index >= 15 is 0 Å². The number of nitrogens with one attached hydrogen (secondary N) is 1. The summed E-state index contributed by atoms with van der Waals surface area (Å²) in [5.74, 6) is 0.172. The molecule has 0 saturated carbocycles. The molecule has 134 valence electrons. The fourth-order valence-corrected chi connectivity index (χ4v) is 2.68. The van der Waals surface area contributed by atoms with E-state index in [4.69, 9.17) is 24.3 Å². The second-order valence-electron chi connectivity index (χ2n) is 5.06. The van der Waals surface area contributed by atoms with Gasteiger partial charge >= 0.3 is 15.2 Å². The molecule has 0 spiro atoms. The number of hydrogen-bond donors (Lipinski definition) is 5. The SMILES string of the molecule is C[C@H](Cn1cnc2c(NCP(=O)(O)O)ncnc21)OCP(=O)(O)O. The molecule has 0 aliphatic rings. The number of anilines is 1. The average Bonchev–Trinajstić information content (AvgIpc) is 2.85. The first kappa shape index (κ1) is 18.9.